The summed E-state index contributed by atoms with van der Waals surface area (Å²) >= 11 is 0. The largest absolute Gasteiger partial charge is 0.465 e. The van der Waals surface area contributed by atoms with Crippen molar-refractivity contribution in [3.05, 3.63) is 24.3 Å². The molecule has 56 heavy (non-hydrogen) atoms. The number of hydrogen-bond acceptors (Lipinski definition) is 6. The number of hydrogen-bond donors (Lipinski definition) is 0. The maximum Gasteiger partial charge on any atom is 0.308 e. The molecule has 0 amide bonds. The topological polar surface area (TPSA) is 59.1 Å². The van der Waals surface area contributed by atoms with Gasteiger partial charge in [-0.25, -0.2) is 0 Å². The van der Waals surface area contributed by atoms with Gasteiger partial charge >= 0.3 is 11.9 Å². The van der Waals surface area contributed by atoms with Gasteiger partial charge in [0.05, 0.1) is 12.5 Å². The van der Waals surface area contributed by atoms with Crippen molar-refractivity contribution in [1.29, 1.82) is 0 Å². The smallest absolute Gasteiger partial charge is 0.308 e. The molecule has 330 valence electrons. The van der Waals surface area contributed by atoms with Gasteiger partial charge in [0.25, 0.3) is 0 Å². The first-order chi connectivity index (χ1) is 27.4. The first kappa shape index (κ1) is 54.3. The number of carbonyl (C=O) groups excluding carboxylic acids is 2. The summed E-state index contributed by atoms with van der Waals surface area (Å²) in [6.07, 6.45) is 47.4. The lowest BCUT2D eigenvalue weighted by atomic mass is 9.94. The van der Waals surface area contributed by atoms with E-state index in [4.69, 9.17) is 9.47 Å². The van der Waals surface area contributed by atoms with Crippen molar-refractivity contribution in [2.45, 2.75) is 226 Å². The molecule has 0 aliphatic rings. The second-order valence-electron chi connectivity index (χ2n) is 16.9. The summed E-state index contributed by atoms with van der Waals surface area (Å²) in [6.45, 7) is 11.8. The molecule has 0 saturated heterocycles. The Labute approximate surface area is 349 Å². The standard InChI is InChI=1S/C50H96N2O4/c1-6-9-12-15-17-18-19-20-21-22-23-24-25-26-30-35-43-52(45-47-55-49(53)41-38-42-51(4)5)44-36-31-27-28-32-37-46-56-50(54)48(39-33-14-11-8-3)40-34-29-16-13-10-7-2/h17-18,20-21,48H,6-16,19,22-47H2,1-5H3. The zero-order chi connectivity index (χ0) is 41.0. The Morgan fingerprint density at radius 1 is 0.464 bits per heavy atom. The summed E-state index contributed by atoms with van der Waals surface area (Å²) < 4.78 is 11.4. The molecule has 0 aromatic carbocycles. The van der Waals surface area contributed by atoms with Gasteiger partial charge in [-0.2, -0.15) is 0 Å². The van der Waals surface area contributed by atoms with E-state index in [-0.39, 0.29) is 17.9 Å². The highest BCUT2D eigenvalue weighted by Crippen LogP contribution is 2.21. The number of unbranched alkanes of at least 4 members (excludes halogenated alkanes) is 22. The van der Waals surface area contributed by atoms with Crippen molar-refractivity contribution >= 4 is 11.9 Å². The Bertz CT molecular complexity index is 888. The van der Waals surface area contributed by atoms with E-state index < -0.39 is 0 Å². The average molecular weight is 789 g/mol. The molecule has 0 aliphatic heterocycles. The van der Waals surface area contributed by atoms with E-state index in [2.05, 4.69) is 54.9 Å². The Morgan fingerprint density at radius 2 is 0.929 bits per heavy atom. The molecule has 0 bridgehead atoms. The summed E-state index contributed by atoms with van der Waals surface area (Å²) in [4.78, 5) is 29.9. The lowest BCUT2D eigenvalue weighted by Gasteiger charge is -2.22. The second kappa shape index (κ2) is 44.4. The predicted molar refractivity (Wildman–Crippen MR) is 243 cm³/mol. The number of carbonyl (C=O) groups is 2. The van der Waals surface area contributed by atoms with Crippen LogP contribution in [-0.2, 0) is 19.1 Å². The van der Waals surface area contributed by atoms with Crippen LogP contribution in [0.1, 0.15) is 226 Å². The van der Waals surface area contributed by atoms with Gasteiger partial charge in [-0.05, 0) is 104 Å². The lowest BCUT2D eigenvalue weighted by Crippen LogP contribution is -2.30. The second-order valence-corrected chi connectivity index (χ2v) is 16.9. The first-order valence-corrected chi connectivity index (χ1v) is 24.4. The highest BCUT2D eigenvalue weighted by atomic mass is 16.5. The van der Waals surface area contributed by atoms with Gasteiger partial charge < -0.3 is 14.4 Å². The van der Waals surface area contributed by atoms with Crippen LogP contribution < -0.4 is 0 Å². The zero-order valence-corrected chi connectivity index (χ0v) is 38.3. The monoisotopic (exact) mass is 789 g/mol. The fourth-order valence-electron chi connectivity index (χ4n) is 7.36. The average Bonchev–Trinajstić information content (AvgIpc) is 3.18. The Morgan fingerprint density at radius 3 is 1.50 bits per heavy atom. The van der Waals surface area contributed by atoms with Crippen molar-refractivity contribution < 1.29 is 19.1 Å². The van der Waals surface area contributed by atoms with Crippen LogP contribution in [0, 0.1) is 5.92 Å². The van der Waals surface area contributed by atoms with Crippen LogP contribution in [0.25, 0.3) is 0 Å². The summed E-state index contributed by atoms with van der Waals surface area (Å²) in [5.41, 5.74) is 0. The molecule has 0 rings (SSSR count). The molecule has 1 atom stereocenters. The number of nitrogens with zero attached hydrogens (tertiary/aromatic N) is 2. The van der Waals surface area contributed by atoms with E-state index in [1.807, 2.05) is 14.1 Å². The van der Waals surface area contributed by atoms with E-state index in [9.17, 15) is 9.59 Å². The molecule has 0 aromatic heterocycles. The molecule has 0 radical (unpaired) electrons. The minimum atomic E-state index is -0.0634. The molecule has 0 spiro atoms. The van der Waals surface area contributed by atoms with Crippen LogP contribution in [0.4, 0.5) is 0 Å². The van der Waals surface area contributed by atoms with E-state index >= 15 is 0 Å². The number of rotatable bonds is 44. The Kier molecular flexibility index (Phi) is 43.1. The molecular formula is C50H96N2O4. The van der Waals surface area contributed by atoms with Crippen LogP contribution >= 0.6 is 0 Å². The summed E-state index contributed by atoms with van der Waals surface area (Å²) in [7, 11) is 4.08. The van der Waals surface area contributed by atoms with Gasteiger partial charge in [0.15, 0.2) is 0 Å². The van der Waals surface area contributed by atoms with Crippen LogP contribution in [0.5, 0.6) is 0 Å². The van der Waals surface area contributed by atoms with Crippen LogP contribution in [0.15, 0.2) is 24.3 Å². The maximum absolute atomic E-state index is 13.0. The summed E-state index contributed by atoms with van der Waals surface area (Å²) in [5.74, 6) is 0.100. The van der Waals surface area contributed by atoms with Crippen molar-refractivity contribution in [3.63, 3.8) is 0 Å². The van der Waals surface area contributed by atoms with Crippen LogP contribution in [0.3, 0.4) is 0 Å². The molecule has 0 aliphatic carbocycles. The Balaban J connectivity index is 4.34. The van der Waals surface area contributed by atoms with Gasteiger partial charge in [0, 0.05) is 13.0 Å². The normalized spacial score (nSPS) is 12.5. The summed E-state index contributed by atoms with van der Waals surface area (Å²) in [5, 5.41) is 0. The number of allylic oxidation sites excluding steroid dienone is 4. The Hall–Kier alpha value is -1.66. The molecule has 1 unspecified atom stereocenters. The predicted octanol–water partition coefficient (Wildman–Crippen LogP) is 14.2. The highest BCUT2D eigenvalue weighted by molar-refractivity contribution is 5.72. The van der Waals surface area contributed by atoms with Gasteiger partial charge in [-0.1, -0.05) is 173 Å². The van der Waals surface area contributed by atoms with Crippen molar-refractivity contribution in [3.8, 4) is 0 Å². The molecule has 0 N–H and O–H groups in total. The zero-order valence-electron chi connectivity index (χ0n) is 38.3. The van der Waals surface area contributed by atoms with Gasteiger partial charge in [-0.3, -0.25) is 14.5 Å². The highest BCUT2D eigenvalue weighted by Gasteiger charge is 2.19. The van der Waals surface area contributed by atoms with Crippen molar-refractivity contribution in [2.75, 3.05) is 53.5 Å². The lowest BCUT2D eigenvalue weighted by molar-refractivity contribution is -0.149. The third kappa shape index (κ3) is 40.5. The quantitative estimate of drug-likeness (QED) is 0.0348. The molecule has 0 aromatic rings. The molecular weight excluding hydrogens is 693 g/mol. The first-order valence-electron chi connectivity index (χ1n) is 24.4. The molecule has 0 fully saturated rings. The molecule has 0 heterocycles. The van der Waals surface area contributed by atoms with Crippen LogP contribution in [0.2, 0.25) is 0 Å². The molecule has 0 saturated carbocycles. The minimum absolute atomic E-state index is 0.0634. The van der Waals surface area contributed by atoms with E-state index in [1.54, 1.807) is 0 Å². The van der Waals surface area contributed by atoms with Crippen LogP contribution in [-0.4, -0.2) is 75.2 Å². The maximum atomic E-state index is 13.0. The number of ether oxygens (including phenoxy) is 2. The van der Waals surface area contributed by atoms with E-state index in [1.165, 1.54) is 148 Å². The fourth-order valence-corrected chi connectivity index (χ4v) is 7.36. The summed E-state index contributed by atoms with van der Waals surface area (Å²) in [6, 6.07) is 0. The minimum Gasteiger partial charge on any atom is -0.465 e. The molecule has 6 heteroatoms. The SMILES string of the molecule is CCCCCC=CCC=CCCCCCCCCN(CCCCCCCCOC(=O)C(CCCCCC)CCCCCCCC)CCOC(=O)CCCN(C)C. The van der Waals surface area contributed by atoms with E-state index in [0.717, 1.165) is 77.5 Å². The molecule has 6 nitrogen and oxygen atoms in total. The van der Waals surface area contributed by atoms with Crippen molar-refractivity contribution in [2.24, 2.45) is 5.92 Å². The van der Waals surface area contributed by atoms with Gasteiger partial charge in [0.2, 0.25) is 0 Å². The number of esters is 2. The third-order valence-corrected chi connectivity index (χ3v) is 11.1. The fraction of sp³-hybridized carbons (Fsp3) is 0.880. The van der Waals surface area contributed by atoms with Crippen molar-refractivity contribution in [1.82, 2.24) is 9.80 Å². The van der Waals surface area contributed by atoms with Gasteiger partial charge in [-0.15, -0.1) is 0 Å². The van der Waals surface area contributed by atoms with E-state index in [0.29, 0.717) is 19.6 Å². The third-order valence-electron chi connectivity index (χ3n) is 11.1. The van der Waals surface area contributed by atoms with Gasteiger partial charge in [0.1, 0.15) is 6.61 Å².